The minimum absolute atomic E-state index is 0.0689. The predicted octanol–water partition coefficient (Wildman–Crippen LogP) is 4.76. The van der Waals surface area contributed by atoms with Crippen molar-refractivity contribution in [3.63, 3.8) is 0 Å². The number of carbonyl (C=O) groups excluding carboxylic acids is 1. The molecule has 1 N–H and O–H groups in total. The summed E-state index contributed by atoms with van der Waals surface area (Å²) in [6.45, 7) is 1.70. The molecule has 1 aliphatic heterocycles. The van der Waals surface area contributed by atoms with E-state index in [0.717, 1.165) is 23.5 Å². The van der Waals surface area contributed by atoms with E-state index < -0.39 is 6.09 Å². The Bertz CT molecular complexity index is 1110. The normalized spacial score (nSPS) is 13.8. The number of amides is 1. The smallest absolute Gasteiger partial charge is 0.407 e. The van der Waals surface area contributed by atoms with Gasteiger partial charge < -0.3 is 19.5 Å². The second kappa shape index (κ2) is 9.14. The minimum atomic E-state index is -0.397. The molecule has 0 fully saturated rings. The third-order valence-corrected chi connectivity index (χ3v) is 5.71. The lowest BCUT2D eigenvalue weighted by Crippen LogP contribution is -2.27. The number of nitrogens with one attached hydrogen (secondary N) is 1. The molecule has 0 bridgehead atoms. The van der Waals surface area contributed by atoms with Crippen molar-refractivity contribution in [3.05, 3.63) is 83.4 Å². The highest BCUT2D eigenvalue weighted by Gasteiger charge is 2.28. The zero-order chi connectivity index (χ0) is 21.8. The second-order valence-corrected chi connectivity index (χ2v) is 7.75. The molecule has 1 heterocycles. The van der Waals surface area contributed by atoms with Gasteiger partial charge in [0.15, 0.2) is 11.5 Å². The van der Waals surface area contributed by atoms with Crippen LogP contribution in [0.5, 0.6) is 11.5 Å². The van der Waals surface area contributed by atoms with Gasteiger partial charge in [0, 0.05) is 25.2 Å². The van der Waals surface area contributed by atoms with E-state index in [1.807, 2.05) is 42.5 Å². The van der Waals surface area contributed by atoms with Crippen molar-refractivity contribution in [2.24, 2.45) is 4.99 Å². The van der Waals surface area contributed by atoms with Gasteiger partial charge in [0.1, 0.15) is 6.61 Å². The highest BCUT2D eigenvalue weighted by atomic mass is 16.7. The standard InChI is InChI=1S/C26H24N2O4/c29-26(28-13-5-12-27-15-18-10-11-24-25(14-18)32-17-31-24)30-16-23-21-8-3-1-6-19(21)20-7-2-4-9-22(20)23/h1-4,6-11,14-15,23H,5,12-13,16-17H2,(H,28,29). The second-order valence-electron chi connectivity index (χ2n) is 7.75. The summed E-state index contributed by atoms with van der Waals surface area (Å²) in [6.07, 6.45) is 2.13. The molecule has 0 unspecified atom stereocenters. The SMILES string of the molecule is O=C(NCCCN=Cc1ccc2c(c1)OCO2)OCC1c2ccccc2-c2ccccc21. The molecular formula is C26H24N2O4. The zero-order valence-corrected chi connectivity index (χ0v) is 17.6. The fraction of sp³-hybridized carbons (Fsp3) is 0.231. The summed E-state index contributed by atoms with van der Waals surface area (Å²) < 4.78 is 16.2. The fourth-order valence-electron chi connectivity index (χ4n) is 4.17. The Morgan fingerprint density at radius 2 is 1.72 bits per heavy atom. The predicted molar refractivity (Wildman–Crippen MR) is 123 cm³/mol. The first-order valence-electron chi connectivity index (χ1n) is 10.8. The number of ether oxygens (including phenoxy) is 3. The molecule has 6 heteroatoms. The number of rotatable bonds is 7. The van der Waals surface area contributed by atoms with Gasteiger partial charge in [-0.1, -0.05) is 48.5 Å². The van der Waals surface area contributed by atoms with E-state index in [2.05, 4.69) is 34.6 Å². The summed E-state index contributed by atoms with van der Waals surface area (Å²) in [5.41, 5.74) is 5.81. The molecule has 2 aliphatic rings. The molecule has 0 radical (unpaired) electrons. The Labute approximate surface area is 186 Å². The summed E-state index contributed by atoms with van der Waals surface area (Å²) >= 11 is 0. The van der Waals surface area contributed by atoms with Crippen LogP contribution in [0.3, 0.4) is 0 Å². The number of nitrogens with zero attached hydrogens (tertiary/aromatic N) is 1. The topological polar surface area (TPSA) is 69.2 Å². The zero-order valence-electron chi connectivity index (χ0n) is 17.6. The Morgan fingerprint density at radius 3 is 2.50 bits per heavy atom. The first-order chi connectivity index (χ1) is 15.8. The van der Waals surface area contributed by atoms with Crippen molar-refractivity contribution in [3.8, 4) is 22.6 Å². The number of fused-ring (bicyclic) bond motifs is 4. The van der Waals surface area contributed by atoms with Crippen molar-refractivity contribution in [1.29, 1.82) is 0 Å². The van der Waals surface area contributed by atoms with Crippen LogP contribution in [0.15, 0.2) is 71.7 Å². The van der Waals surface area contributed by atoms with Crippen LogP contribution in [0.2, 0.25) is 0 Å². The highest BCUT2D eigenvalue weighted by molar-refractivity contribution is 5.81. The number of aliphatic imine (C=N–C) groups is 1. The van der Waals surface area contributed by atoms with Crippen LogP contribution in [0.4, 0.5) is 4.79 Å². The first kappa shape index (κ1) is 20.1. The summed E-state index contributed by atoms with van der Waals surface area (Å²) in [5, 5.41) is 2.82. The van der Waals surface area contributed by atoms with Crippen LogP contribution in [0.1, 0.15) is 29.0 Å². The van der Waals surface area contributed by atoms with Gasteiger partial charge in [-0.15, -0.1) is 0 Å². The van der Waals surface area contributed by atoms with Crippen LogP contribution in [-0.2, 0) is 4.74 Å². The molecule has 32 heavy (non-hydrogen) atoms. The van der Waals surface area contributed by atoms with E-state index >= 15 is 0 Å². The quantitative estimate of drug-likeness (QED) is 0.435. The van der Waals surface area contributed by atoms with Crippen LogP contribution in [0.25, 0.3) is 11.1 Å². The average Bonchev–Trinajstić information content (AvgIpc) is 3.42. The van der Waals surface area contributed by atoms with E-state index in [0.29, 0.717) is 19.7 Å². The van der Waals surface area contributed by atoms with E-state index in [4.69, 9.17) is 14.2 Å². The average molecular weight is 428 g/mol. The van der Waals surface area contributed by atoms with E-state index in [9.17, 15) is 4.79 Å². The third-order valence-electron chi connectivity index (χ3n) is 5.71. The largest absolute Gasteiger partial charge is 0.454 e. The van der Waals surface area contributed by atoms with Gasteiger partial charge in [0.2, 0.25) is 6.79 Å². The van der Waals surface area contributed by atoms with E-state index in [1.54, 1.807) is 6.21 Å². The minimum Gasteiger partial charge on any atom is -0.454 e. The molecule has 1 amide bonds. The molecule has 1 aliphatic carbocycles. The van der Waals surface area contributed by atoms with Crippen molar-refractivity contribution >= 4 is 12.3 Å². The Kier molecular flexibility index (Phi) is 5.75. The van der Waals surface area contributed by atoms with Gasteiger partial charge in [0.25, 0.3) is 0 Å². The molecule has 3 aromatic carbocycles. The maximum Gasteiger partial charge on any atom is 0.407 e. The maximum atomic E-state index is 12.2. The molecule has 0 aromatic heterocycles. The van der Waals surface area contributed by atoms with Crippen LogP contribution in [-0.4, -0.2) is 38.8 Å². The van der Waals surface area contributed by atoms with Crippen LogP contribution in [0, 0.1) is 0 Å². The number of carbonyl (C=O) groups is 1. The fourth-order valence-corrected chi connectivity index (χ4v) is 4.17. The van der Waals surface area contributed by atoms with Crippen molar-refractivity contribution in [2.45, 2.75) is 12.3 Å². The van der Waals surface area contributed by atoms with Crippen molar-refractivity contribution < 1.29 is 19.0 Å². The lowest BCUT2D eigenvalue weighted by atomic mass is 9.98. The number of benzene rings is 3. The Morgan fingerprint density at radius 1 is 1.00 bits per heavy atom. The number of hydrogen-bond donors (Lipinski definition) is 1. The molecule has 0 saturated heterocycles. The van der Waals surface area contributed by atoms with Crippen LogP contribution >= 0.6 is 0 Å². The van der Waals surface area contributed by atoms with Gasteiger partial charge in [-0.25, -0.2) is 4.79 Å². The molecule has 162 valence electrons. The van der Waals surface area contributed by atoms with Crippen molar-refractivity contribution in [1.82, 2.24) is 5.32 Å². The lowest BCUT2D eigenvalue weighted by molar-refractivity contribution is 0.143. The highest BCUT2D eigenvalue weighted by Crippen LogP contribution is 2.44. The number of hydrogen-bond acceptors (Lipinski definition) is 5. The summed E-state index contributed by atoms with van der Waals surface area (Å²) in [5.74, 6) is 1.57. The maximum absolute atomic E-state index is 12.2. The van der Waals surface area contributed by atoms with Crippen LogP contribution < -0.4 is 14.8 Å². The molecule has 0 spiro atoms. The van der Waals surface area contributed by atoms with Crippen molar-refractivity contribution in [2.75, 3.05) is 26.5 Å². The molecule has 6 nitrogen and oxygen atoms in total. The Hall–Kier alpha value is -3.80. The molecule has 0 saturated carbocycles. The van der Waals surface area contributed by atoms with Gasteiger partial charge in [-0.2, -0.15) is 0 Å². The lowest BCUT2D eigenvalue weighted by Gasteiger charge is -2.14. The van der Waals surface area contributed by atoms with Gasteiger partial charge in [0.05, 0.1) is 0 Å². The molecule has 5 rings (SSSR count). The number of alkyl carbamates (subject to hydrolysis) is 1. The van der Waals surface area contributed by atoms with Gasteiger partial charge >= 0.3 is 6.09 Å². The first-order valence-corrected chi connectivity index (χ1v) is 10.8. The Balaban J connectivity index is 1.07. The molecule has 3 aromatic rings. The summed E-state index contributed by atoms with van der Waals surface area (Å²) in [6, 6.07) is 22.3. The van der Waals surface area contributed by atoms with Gasteiger partial charge in [-0.3, -0.25) is 4.99 Å². The van der Waals surface area contributed by atoms with E-state index in [-0.39, 0.29) is 12.7 Å². The summed E-state index contributed by atoms with van der Waals surface area (Å²) in [7, 11) is 0. The molecular weight excluding hydrogens is 404 g/mol. The van der Waals surface area contributed by atoms with Gasteiger partial charge in [-0.05, 0) is 52.4 Å². The third kappa shape index (κ3) is 4.17. The summed E-state index contributed by atoms with van der Waals surface area (Å²) in [4.78, 5) is 16.6. The monoisotopic (exact) mass is 428 g/mol. The van der Waals surface area contributed by atoms with E-state index in [1.165, 1.54) is 22.3 Å². The molecule has 0 atom stereocenters.